The molecule has 1 atom stereocenters. The van der Waals surface area contributed by atoms with E-state index in [-0.39, 0.29) is 44.9 Å². The van der Waals surface area contributed by atoms with Gasteiger partial charge in [-0.1, -0.05) is 72.1 Å². The van der Waals surface area contributed by atoms with Crippen molar-refractivity contribution in [1.82, 2.24) is 0 Å². The molecule has 0 radical (unpaired) electrons. The summed E-state index contributed by atoms with van der Waals surface area (Å²) in [5, 5.41) is 16.5. The first-order valence-electron chi connectivity index (χ1n) is 8.94. The quantitative estimate of drug-likeness (QED) is 0.506. The van der Waals surface area contributed by atoms with Crippen LogP contribution in [-0.4, -0.2) is 22.2 Å². The van der Waals surface area contributed by atoms with Crippen LogP contribution in [0.5, 0.6) is 0 Å². The molecule has 1 fully saturated rings. The van der Waals surface area contributed by atoms with Gasteiger partial charge >= 0.3 is 11.9 Å². The molecule has 4 nitrogen and oxygen atoms in total. The first-order valence-corrected chi connectivity index (χ1v) is 8.94. The molecule has 1 unspecified atom stereocenters. The summed E-state index contributed by atoms with van der Waals surface area (Å²) in [7, 11) is 0. The summed E-state index contributed by atoms with van der Waals surface area (Å²) in [6, 6.07) is 0. The van der Waals surface area contributed by atoms with Gasteiger partial charge in [-0.3, -0.25) is 9.59 Å². The first kappa shape index (κ1) is 31.9. The van der Waals surface area contributed by atoms with E-state index in [9.17, 15) is 9.59 Å². The summed E-state index contributed by atoms with van der Waals surface area (Å²) in [5.74, 6) is -1.46. The van der Waals surface area contributed by atoms with Crippen LogP contribution >= 0.6 is 0 Å². The van der Waals surface area contributed by atoms with Crippen LogP contribution in [0, 0.1) is 5.92 Å². The Bertz CT molecular complexity index is 258. The monoisotopic (exact) mass is 444 g/mol. The SMILES string of the molecule is C1CCCCC1.CCCC(=O)O.CCCCC(CC)C(=O)O.[Zn].[Zn]. The van der Waals surface area contributed by atoms with Crippen molar-refractivity contribution in [3.8, 4) is 0 Å². The van der Waals surface area contributed by atoms with Gasteiger partial charge in [0.1, 0.15) is 0 Å². The zero-order valence-electron chi connectivity index (χ0n) is 16.2. The van der Waals surface area contributed by atoms with E-state index in [2.05, 4.69) is 6.92 Å². The van der Waals surface area contributed by atoms with Crippen molar-refractivity contribution in [1.29, 1.82) is 0 Å². The number of hydrogen-bond donors (Lipinski definition) is 2. The number of carbonyl (C=O) groups is 2. The van der Waals surface area contributed by atoms with E-state index in [1.54, 1.807) is 0 Å². The molecule has 0 amide bonds. The van der Waals surface area contributed by atoms with Gasteiger partial charge < -0.3 is 10.2 Å². The molecule has 0 aliphatic heterocycles. The number of unbranched alkanes of at least 4 members (excludes halogenated alkanes) is 1. The second-order valence-corrected chi connectivity index (χ2v) is 5.85. The van der Waals surface area contributed by atoms with Crippen LogP contribution in [0.3, 0.4) is 0 Å². The normalized spacial score (nSPS) is 13.5. The number of rotatable bonds is 7. The van der Waals surface area contributed by atoms with Crippen molar-refractivity contribution in [3.05, 3.63) is 0 Å². The molecule has 0 aromatic rings. The molecule has 136 valence electrons. The van der Waals surface area contributed by atoms with Crippen molar-refractivity contribution >= 4 is 11.9 Å². The molecule has 2 N–H and O–H groups in total. The molecule has 1 aliphatic rings. The van der Waals surface area contributed by atoms with E-state index in [4.69, 9.17) is 10.2 Å². The molecule has 0 heterocycles. The topological polar surface area (TPSA) is 74.6 Å². The van der Waals surface area contributed by atoms with Crippen molar-refractivity contribution in [2.75, 3.05) is 0 Å². The molecule has 0 bridgehead atoms. The Hall–Kier alpha value is 0.187. The average molecular weight is 447 g/mol. The summed E-state index contributed by atoms with van der Waals surface area (Å²) in [4.78, 5) is 20.0. The van der Waals surface area contributed by atoms with Crippen LogP contribution in [0.2, 0.25) is 0 Å². The van der Waals surface area contributed by atoms with Crippen LogP contribution in [0.1, 0.15) is 97.8 Å². The van der Waals surface area contributed by atoms with E-state index in [1.807, 2.05) is 13.8 Å². The number of hydrogen-bond acceptors (Lipinski definition) is 2. The van der Waals surface area contributed by atoms with Crippen LogP contribution < -0.4 is 0 Å². The molecule has 24 heavy (non-hydrogen) atoms. The van der Waals surface area contributed by atoms with Gasteiger partial charge in [0.05, 0.1) is 5.92 Å². The second kappa shape index (κ2) is 25.4. The fourth-order valence-electron chi connectivity index (χ4n) is 2.23. The van der Waals surface area contributed by atoms with E-state index < -0.39 is 11.9 Å². The van der Waals surface area contributed by atoms with Gasteiger partial charge in [0.15, 0.2) is 0 Å². The van der Waals surface area contributed by atoms with Crippen molar-refractivity contribution in [2.24, 2.45) is 5.92 Å². The third-order valence-corrected chi connectivity index (χ3v) is 3.71. The summed E-state index contributed by atoms with van der Waals surface area (Å²) in [5.41, 5.74) is 0. The summed E-state index contributed by atoms with van der Waals surface area (Å²) in [6.45, 7) is 5.84. The van der Waals surface area contributed by atoms with E-state index in [0.717, 1.165) is 32.1 Å². The standard InChI is InChI=1S/C8H16O2.C6H12.C4H8O2.2Zn/c1-3-5-6-7(4-2)8(9)10;1-2-4-6-5-3-1;1-2-3-4(5)6;;/h7H,3-6H2,1-2H3,(H,9,10);1-6H2;2-3H2,1H3,(H,5,6);;. The first-order chi connectivity index (χ1) is 10.5. The van der Waals surface area contributed by atoms with Crippen LogP contribution in [-0.2, 0) is 48.5 Å². The van der Waals surface area contributed by atoms with E-state index in [0.29, 0.717) is 6.42 Å². The van der Waals surface area contributed by atoms with Crippen LogP contribution in [0.25, 0.3) is 0 Å². The molecule has 6 heteroatoms. The second-order valence-electron chi connectivity index (χ2n) is 5.85. The maximum absolute atomic E-state index is 10.4. The predicted octanol–water partition coefficient (Wildman–Crippen LogP) is 5.49. The fourth-order valence-corrected chi connectivity index (χ4v) is 2.23. The third kappa shape index (κ3) is 27.1. The Morgan fingerprint density at radius 3 is 1.42 bits per heavy atom. The molecule has 0 aromatic heterocycles. The van der Waals surface area contributed by atoms with Gasteiger partial charge in [0.25, 0.3) is 0 Å². The third-order valence-electron chi connectivity index (χ3n) is 3.71. The number of carboxylic acids is 2. The van der Waals surface area contributed by atoms with Crippen molar-refractivity contribution in [3.63, 3.8) is 0 Å². The van der Waals surface area contributed by atoms with Crippen molar-refractivity contribution in [2.45, 2.75) is 97.8 Å². The van der Waals surface area contributed by atoms with Crippen LogP contribution in [0.15, 0.2) is 0 Å². The van der Waals surface area contributed by atoms with Gasteiger partial charge in [-0.2, -0.15) is 0 Å². The smallest absolute Gasteiger partial charge is 0.306 e. The van der Waals surface area contributed by atoms with E-state index in [1.165, 1.54) is 38.5 Å². The molecule has 0 saturated heterocycles. The molecule has 1 saturated carbocycles. The molecular formula is C18H36O4Zn2. The minimum atomic E-state index is -0.711. The minimum Gasteiger partial charge on any atom is -0.481 e. The minimum absolute atomic E-state index is 0. The summed E-state index contributed by atoms with van der Waals surface area (Å²) in [6.07, 6.45) is 13.7. The molecule has 0 spiro atoms. The van der Waals surface area contributed by atoms with Gasteiger partial charge in [-0.25, -0.2) is 0 Å². The summed E-state index contributed by atoms with van der Waals surface area (Å²) < 4.78 is 0. The zero-order chi connectivity index (χ0) is 17.2. The Morgan fingerprint density at radius 2 is 1.25 bits per heavy atom. The van der Waals surface area contributed by atoms with Gasteiger partial charge in [-0.15, -0.1) is 0 Å². The molecule has 0 aromatic carbocycles. The Kier molecular flexibility index (Phi) is 33.8. The maximum atomic E-state index is 10.4. The molecule has 1 aliphatic carbocycles. The average Bonchev–Trinajstić information content (AvgIpc) is 2.50. The van der Waals surface area contributed by atoms with Gasteiger partial charge in [0, 0.05) is 45.4 Å². The van der Waals surface area contributed by atoms with E-state index >= 15 is 0 Å². The zero-order valence-corrected chi connectivity index (χ0v) is 22.1. The number of aliphatic carboxylic acids is 2. The number of carboxylic acid groups (broad SMARTS) is 2. The Labute approximate surface area is 174 Å². The fraction of sp³-hybridized carbons (Fsp3) is 0.889. The largest absolute Gasteiger partial charge is 0.481 e. The molecular weight excluding hydrogens is 411 g/mol. The van der Waals surface area contributed by atoms with Crippen LogP contribution in [0.4, 0.5) is 0 Å². The van der Waals surface area contributed by atoms with Gasteiger partial charge in [0.2, 0.25) is 0 Å². The summed E-state index contributed by atoms with van der Waals surface area (Å²) >= 11 is 0. The van der Waals surface area contributed by atoms with Gasteiger partial charge in [-0.05, 0) is 19.3 Å². The Morgan fingerprint density at radius 1 is 0.833 bits per heavy atom. The predicted molar refractivity (Wildman–Crippen MR) is 91.2 cm³/mol. The van der Waals surface area contributed by atoms with Crippen molar-refractivity contribution < 1.29 is 58.8 Å². The Balaban J connectivity index is -0.000000125. The maximum Gasteiger partial charge on any atom is 0.306 e. The molecule has 1 rings (SSSR count).